The molecule has 2 aliphatic rings. The van der Waals surface area contributed by atoms with Gasteiger partial charge < -0.3 is 9.47 Å². The highest BCUT2D eigenvalue weighted by Gasteiger charge is 2.22. The number of hydrogen-bond acceptors (Lipinski definition) is 4. The zero-order chi connectivity index (χ0) is 14.8. The van der Waals surface area contributed by atoms with Crippen LogP contribution in [0.3, 0.4) is 0 Å². The average Bonchev–Trinajstić information content (AvgIpc) is 3.45. The molecule has 2 heterocycles. The summed E-state index contributed by atoms with van der Waals surface area (Å²) in [6, 6.07) is 16.4. The van der Waals surface area contributed by atoms with Crippen molar-refractivity contribution in [2.24, 2.45) is 10.2 Å². The molecule has 2 aromatic rings. The Kier molecular flexibility index (Phi) is 3.70. The van der Waals surface area contributed by atoms with E-state index in [1.165, 1.54) is 11.1 Å². The van der Waals surface area contributed by atoms with Gasteiger partial charge in [-0.3, -0.25) is 0 Å². The van der Waals surface area contributed by atoms with E-state index in [0.29, 0.717) is 12.2 Å². The van der Waals surface area contributed by atoms with Gasteiger partial charge in [-0.2, -0.15) is 10.2 Å². The smallest absolute Gasteiger partial charge is 0.0857 e. The lowest BCUT2D eigenvalue weighted by Gasteiger charge is -1.99. The Bertz CT molecular complexity index is 597. The third kappa shape index (κ3) is 3.78. The van der Waals surface area contributed by atoms with E-state index < -0.39 is 0 Å². The van der Waals surface area contributed by atoms with Crippen LogP contribution in [-0.4, -0.2) is 25.4 Å². The van der Waals surface area contributed by atoms with Crippen molar-refractivity contribution < 1.29 is 9.47 Å². The van der Waals surface area contributed by atoms with Crippen LogP contribution in [0.5, 0.6) is 0 Å². The van der Waals surface area contributed by atoms with Crippen LogP contribution in [0.25, 0.3) is 0 Å². The Morgan fingerprint density at radius 2 is 1.05 bits per heavy atom. The minimum absolute atomic E-state index is 0.423. The van der Waals surface area contributed by atoms with Crippen molar-refractivity contribution >= 4 is 11.4 Å². The molecule has 0 spiro atoms. The van der Waals surface area contributed by atoms with Crippen LogP contribution >= 0.6 is 0 Å². The summed E-state index contributed by atoms with van der Waals surface area (Å²) in [4.78, 5) is 0. The molecule has 22 heavy (non-hydrogen) atoms. The lowest BCUT2D eigenvalue weighted by molar-refractivity contribution is 0.407. The van der Waals surface area contributed by atoms with Gasteiger partial charge in [0.05, 0.1) is 36.8 Å². The molecule has 0 saturated carbocycles. The fourth-order valence-corrected chi connectivity index (χ4v) is 2.41. The maximum absolute atomic E-state index is 5.24. The monoisotopic (exact) mass is 294 g/mol. The SMILES string of the molecule is c1cc(/N=N/c2ccc(CC3CO3)cc2)ccc1CC1CO1. The van der Waals surface area contributed by atoms with E-state index in [9.17, 15) is 0 Å². The molecule has 2 saturated heterocycles. The van der Waals surface area contributed by atoms with Crippen LogP contribution in [0.4, 0.5) is 11.4 Å². The van der Waals surface area contributed by atoms with Crippen LogP contribution in [0.15, 0.2) is 58.8 Å². The Morgan fingerprint density at radius 3 is 1.36 bits per heavy atom. The van der Waals surface area contributed by atoms with E-state index in [1.807, 2.05) is 24.3 Å². The highest BCUT2D eigenvalue weighted by molar-refractivity contribution is 5.42. The standard InChI is InChI=1S/C18H18N2O2/c1-5-15(6-2-13(1)9-17-11-21-17)19-20-16-7-3-14(4-8-16)10-18-12-22-18/h1-8,17-18H,9-12H2/b20-19+. The molecule has 0 aliphatic carbocycles. The van der Waals surface area contributed by atoms with Gasteiger partial charge in [0.25, 0.3) is 0 Å². The Labute approximate surface area is 129 Å². The van der Waals surface area contributed by atoms with Gasteiger partial charge in [-0.1, -0.05) is 24.3 Å². The molecule has 0 N–H and O–H groups in total. The first kappa shape index (κ1) is 13.6. The summed E-state index contributed by atoms with van der Waals surface area (Å²) in [5, 5.41) is 8.57. The molecule has 2 fully saturated rings. The fraction of sp³-hybridized carbons (Fsp3) is 0.333. The van der Waals surface area contributed by atoms with Crippen molar-refractivity contribution in [3.8, 4) is 0 Å². The summed E-state index contributed by atoms with van der Waals surface area (Å²) in [6.45, 7) is 1.79. The highest BCUT2D eigenvalue weighted by atomic mass is 16.6. The van der Waals surface area contributed by atoms with E-state index in [-0.39, 0.29) is 0 Å². The predicted octanol–water partition coefficient (Wildman–Crippen LogP) is 3.98. The molecule has 4 rings (SSSR count). The van der Waals surface area contributed by atoms with E-state index in [1.54, 1.807) is 0 Å². The first-order chi connectivity index (χ1) is 10.8. The van der Waals surface area contributed by atoms with Crippen LogP contribution < -0.4 is 0 Å². The molecule has 2 unspecified atom stereocenters. The average molecular weight is 294 g/mol. The number of ether oxygens (including phenoxy) is 2. The molecule has 0 radical (unpaired) electrons. The van der Waals surface area contributed by atoms with Crippen LogP contribution in [-0.2, 0) is 22.3 Å². The van der Waals surface area contributed by atoms with Gasteiger partial charge in [0.2, 0.25) is 0 Å². The van der Waals surface area contributed by atoms with E-state index >= 15 is 0 Å². The van der Waals surface area contributed by atoms with Crippen molar-refractivity contribution in [3.63, 3.8) is 0 Å². The molecule has 2 aliphatic heterocycles. The topological polar surface area (TPSA) is 49.8 Å². The van der Waals surface area contributed by atoms with Crippen molar-refractivity contribution in [1.82, 2.24) is 0 Å². The van der Waals surface area contributed by atoms with Crippen molar-refractivity contribution in [2.45, 2.75) is 25.0 Å². The number of epoxide rings is 2. The van der Waals surface area contributed by atoms with E-state index in [0.717, 1.165) is 37.4 Å². The fourth-order valence-electron chi connectivity index (χ4n) is 2.41. The van der Waals surface area contributed by atoms with Crippen LogP contribution in [0.1, 0.15) is 11.1 Å². The van der Waals surface area contributed by atoms with E-state index in [2.05, 4.69) is 34.5 Å². The minimum Gasteiger partial charge on any atom is -0.373 e. The van der Waals surface area contributed by atoms with Gasteiger partial charge in [-0.25, -0.2) is 0 Å². The Balaban J connectivity index is 1.37. The summed E-state index contributed by atoms with van der Waals surface area (Å²) in [6.07, 6.45) is 2.83. The zero-order valence-corrected chi connectivity index (χ0v) is 12.3. The third-order valence-electron chi connectivity index (χ3n) is 3.89. The van der Waals surface area contributed by atoms with Crippen LogP contribution in [0.2, 0.25) is 0 Å². The second kappa shape index (κ2) is 5.99. The molecule has 0 aromatic heterocycles. The van der Waals surface area contributed by atoms with Gasteiger partial charge in [-0.05, 0) is 35.4 Å². The maximum atomic E-state index is 5.24. The Hall–Kier alpha value is -2.04. The maximum Gasteiger partial charge on any atom is 0.0857 e. The minimum atomic E-state index is 0.423. The lowest BCUT2D eigenvalue weighted by Crippen LogP contribution is -1.91. The molecule has 2 atom stereocenters. The summed E-state index contributed by atoms with van der Waals surface area (Å²) >= 11 is 0. The highest BCUT2D eigenvalue weighted by Crippen LogP contribution is 2.23. The van der Waals surface area contributed by atoms with Crippen molar-refractivity contribution in [3.05, 3.63) is 59.7 Å². The van der Waals surface area contributed by atoms with Crippen molar-refractivity contribution in [2.75, 3.05) is 13.2 Å². The molecule has 2 aromatic carbocycles. The molecular weight excluding hydrogens is 276 g/mol. The second-order valence-corrected chi connectivity index (χ2v) is 5.85. The summed E-state index contributed by atoms with van der Waals surface area (Å²) in [5.41, 5.74) is 4.31. The first-order valence-electron chi connectivity index (χ1n) is 7.68. The first-order valence-corrected chi connectivity index (χ1v) is 7.68. The molecule has 112 valence electrons. The number of rotatable bonds is 6. The molecule has 0 amide bonds. The lowest BCUT2D eigenvalue weighted by atomic mass is 10.1. The van der Waals surface area contributed by atoms with Gasteiger partial charge in [0.15, 0.2) is 0 Å². The molecular formula is C18H18N2O2. The molecule has 4 nitrogen and oxygen atoms in total. The van der Waals surface area contributed by atoms with Gasteiger partial charge in [0.1, 0.15) is 0 Å². The number of benzene rings is 2. The van der Waals surface area contributed by atoms with Gasteiger partial charge >= 0.3 is 0 Å². The molecule has 4 heteroatoms. The number of hydrogen-bond donors (Lipinski definition) is 0. The quantitative estimate of drug-likeness (QED) is 0.597. The molecule has 0 bridgehead atoms. The predicted molar refractivity (Wildman–Crippen MR) is 83.9 cm³/mol. The number of nitrogens with zero attached hydrogens (tertiary/aromatic N) is 2. The number of azo groups is 1. The summed E-state index contributed by atoms with van der Waals surface area (Å²) in [7, 11) is 0. The van der Waals surface area contributed by atoms with Gasteiger partial charge in [0, 0.05) is 12.8 Å². The zero-order valence-electron chi connectivity index (χ0n) is 12.3. The second-order valence-electron chi connectivity index (χ2n) is 5.85. The summed E-state index contributed by atoms with van der Waals surface area (Å²) < 4.78 is 10.5. The third-order valence-corrected chi connectivity index (χ3v) is 3.89. The van der Waals surface area contributed by atoms with Gasteiger partial charge in [-0.15, -0.1) is 0 Å². The largest absolute Gasteiger partial charge is 0.373 e. The summed E-state index contributed by atoms with van der Waals surface area (Å²) in [5.74, 6) is 0. The van der Waals surface area contributed by atoms with E-state index in [4.69, 9.17) is 9.47 Å². The normalized spacial score (nSPS) is 22.9. The van der Waals surface area contributed by atoms with Crippen LogP contribution in [0, 0.1) is 0 Å². The Morgan fingerprint density at radius 1 is 0.682 bits per heavy atom. The van der Waals surface area contributed by atoms with Crippen molar-refractivity contribution in [1.29, 1.82) is 0 Å².